The highest BCUT2D eigenvalue weighted by Gasteiger charge is 2.28. The second kappa shape index (κ2) is 5.21. The quantitative estimate of drug-likeness (QED) is 0.609. The molecule has 5 rings (SSSR count). The monoisotopic (exact) mass is 330 g/mol. The minimum atomic E-state index is 0.0467. The lowest BCUT2D eigenvalue weighted by atomic mass is 10.1. The Morgan fingerprint density at radius 3 is 3.12 bits per heavy atom. The maximum absolute atomic E-state index is 13.2. The van der Waals surface area contributed by atoms with Gasteiger partial charge in [0.2, 0.25) is 0 Å². The second-order valence-electron chi connectivity index (χ2n) is 6.47. The molecule has 5 nitrogen and oxygen atoms in total. The van der Waals surface area contributed by atoms with Gasteiger partial charge in [-0.25, -0.2) is 0 Å². The van der Waals surface area contributed by atoms with E-state index in [0.717, 1.165) is 36.1 Å². The van der Waals surface area contributed by atoms with Gasteiger partial charge in [-0.15, -0.1) is 0 Å². The van der Waals surface area contributed by atoms with Crippen LogP contribution < -0.4 is 4.90 Å². The number of fused-ring (bicyclic) bond motifs is 3. The summed E-state index contributed by atoms with van der Waals surface area (Å²) in [6.07, 6.45) is 8.27. The van der Waals surface area contributed by atoms with Crippen LogP contribution in [0.25, 0.3) is 21.8 Å². The van der Waals surface area contributed by atoms with E-state index in [1.54, 1.807) is 18.6 Å². The molecule has 0 bridgehead atoms. The van der Waals surface area contributed by atoms with Crippen molar-refractivity contribution < 1.29 is 4.79 Å². The minimum Gasteiger partial charge on any atom is -0.359 e. The maximum atomic E-state index is 13.2. The van der Waals surface area contributed by atoms with Gasteiger partial charge in [-0.1, -0.05) is 0 Å². The summed E-state index contributed by atoms with van der Waals surface area (Å²) in [4.78, 5) is 22.3. The molecule has 1 aliphatic heterocycles. The lowest BCUT2D eigenvalue weighted by Crippen LogP contribution is -2.28. The molecule has 4 aromatic rings. The largest absolute Gasteiger partial charge is 0.359 e. The van der Waals surface area contributed by atoms with Crippen molar-refractivity contribution in [2.24, 2.45) is 0 Å². The average Bonchev–Trinajstić information content (AvgIpc) is 3.35. The Balaban J connectivity index is 1.60. The number of hydrogen-bond acceptors (Lipinski definition) is 2. The number of nitrogens with one attached hydrogen (secondary N) is 1. The van der Waals surface area contributed by atoms with Crippen LogP contribution in [0.2, 0.25) is 0 Å². The number of rotatable bonds is 2. The van der Waals surface area contributed by atoms with E-state index in [2.05, 4.69) is 45.9 Å². The van der Waals surface area contributed by atoms with Crippen molar-refractivity contribution in [3.63, 3.8) is 0 Å². The number of nitrogens with zero attached hydrogens (tertiary/aromatic N) is 3. The first-order valence-corrected chi connectivity index (χ1v) is 8.61. The van der Waals surface area contributed by atoms with E-state index >= 15 is 0 Å². The molecule has 0 radical (unpaired) electrons. The molecule has 3 aromatic heterocycles. The molecular formula is C20H18N4O. The zero-order valence-electron chi connectivity index (χ0n) is 14.0. The molecular weight excluding hydrogens is 312 g/mol. The topological polar surface area (TPSA) is 53.9 Å². The number of carbonyl (C=O) groups excluding carboxylic acids is 1. The van der Waals surface area contributed by atoms with Crippen LogP contribution >= 0.6 is 0 Å². The highest BCUT2D eigenvalue weighted by atomic mass is 16.2. The molecule has 1 aliphatic rings. The molecule has 0 unspecified atom stereocenters. The fraction of sp³-hybridized carbons (Fsp3) is 0.200. The van der Waals surface area contributed by atoms with E-state index in [4.69, 9.17) is 0 Å². The van der Waals surface area contributed by atoms with Crippen molar-refractivity contribution in [1.82, 2.24) is 14.5 Å². The number of pyridine rings is 1. The molecule has 4 heterocycles. The summed E-state index contributed by atoms with van der Waals surface area (Å²) in [5.41, 5.74) is 5.12. The number of aromatic amines is 1. The maximum Gasteiger partial charge on any atom is 0.260 e. The minimum absolute atomic E-state index is 0.0467. The van der Waals surface area contributed by atoms with Crippen LogP contribution in [0.4, 0.5) is 5.69 Å². The van der Waals surface area contributed by atoms with E-state index < -0.39 is 0 Å². The standard InChI is InChI=1S/C20H18N4O/c1-2-23-7-4-13-10-19-14(9-18(13)23)5-8-24(19)20(25)16-11-22-17-12-21-6-3-15(16)17/h3-4,6-7,9-12,22H,2,5,8H2,1H3. The molecule has 0 aliphatic carbocycles. The molecule has 0 saturated heterocycles. The van der Waals surface area contributed by atoms with Crippen LogP contribution in [-0.4, -0.2) is 27.0 Å². The summed E-state index contributed by atoms with van der Waals surface area (Å²) in [5.74, 6) is 0.0467. The van der Waals surface area contributed by atoms with Crippen molar-refractivity contribution >= 4 is 33.4 Å². The number of hydrogen-bond donors (Lipinski definition) is 1. The lowest BCUT2D eigenvalue weighted by Gasteiger charge is -2.17. The number of aromatic nitrogens is 3. The van der Waals surface area contributed by atoms with Crippen molar-refractivity contribution in [3.8, 4) is 0 Å². The Labute approximate surface area is 144 Å². The average molecular weight is 330 g/mol. The summed E-state index contributed by atoms with van der Waals surface area (Å²) < 4.78 is 2.24. The first kappa shape index (κ1) is 14.3. The fourth-order valence-electron chi connectivity index (χ4n) is 3.85. The Morgan fingerprint density at radius 2 is 2.24 bits per heavy atom. The zero-order chi connectivity index (χ0) is 17.0. The summed E-state index contributed by atoms with van der Waals surface area (Å²) in [6.45, 7) is 3.83. The van der Waals surface area contributed by atoms with Gasteiger partial charge in [0, 0.05) is 53.7 Å². The van der Waals surface area contributed by atoms with Gasteiger partial charge < -0.3 is 14.5 Å². The van der Waals surface area contributed by atoms with Crippen LogP contribution in [0, 0.1) is 0 Å². The van der Waals surface area contributed by atoms with Crippen LogP contribution in [0.3, 0.4) is 0 Å². The predicted octanol–water partition coefficient (Wildman–Crippen LogP) is 3.74. The molecule has 5 heteroatoms. The van der Waals surface area contributed by atoms with E-state index in [1.807, 2.05) is 11.0 Å². The highest BCUT2D eigenvalue weighted by Crippen LogP contribution is 2.34. The highest BCUT2D eigenvalue weighted by molar-refractivity contribution is 6.15. The molecule has 1 N–H and O–H groups in total. The molecule has 1 aromatic carbocycles. The molecule has 25 heavy (non-hydrogen) atoms. The Bertz CT molecular complexity index is 1120. The summed E-state index contributed by atoms with van der Waals surface area (Å²) in [7, 11) is 0. The smallest absolute Gasteiger partial charge is 0.260 e. The zero-order valence-corrected chi connectivity index (χ0v) is 14.0. The molecule has 0 saturated carbocycles. The number of benzene rings is 1. The molecule has 0 fully saturated rings. The third-order valence-corrected chi connectivity index (χ3v) is 5.17. The van der Waals surface area contributed by atoms with Crippen LogP contribution in [0.1, 0.15) is 22.8 Å². The van der Waals surface area contributed by atoms with E-state index in [1.165, 1.54) is 16.5 Å². The Morgan fingerprint density at radius 1 is 1.32 bits per heavy atom. The molecule has 1 amide bonds. The van der Waals surface area contributed by atoms with Gasteiger partial charge in [0.25, 0.3) is 5.91 Å². The number of aryl methyl sites for hydroxylation is 1. The van der Waals surface area contributed by atoms with Crippen molar-refractivity contribution in [1.29, 1.82) is 0 Å². The van der Waals surface area contributed by atoms with Crippen LogP contribution in [0.15, 0.2) is 49.1 Å². The predicted molar refractivity (Wildman–Crippen MR) is 99.1 cm³/mol. The van der Waals surface area contributed by atoms with Gasteiger partial charge in [0.15, 0.2) is 0 Å². The number of amides is 1. The van der Waals surface area contributed by atoms with Gasteiger partial charge in [-0.2, -0.15) is 0 Å². The first-order chi connectivity index (χ1) is 12.3. The van der Waals surface area contributed by atoms with Crippen LogP contribution in [-0.2, 0) is 13.0 Å². The summed E-state index contributed by atoms with van der Waals surface area (Å²) in [6, 6.07) is 8.40. The normalized spacial score (nSPS) is 13.7. The third kappa shape index (κ3) is 2.02. The molecule has 124 valence electrons. The van der Waals surface area contributed by atoms with Crippen molar-refractivity contribution in [2.45, 2.75) is 19.9 Å². The number of carbonyl (C=O) groups is 1. The first-order valence-electron chi connectivity index (χ1n) is 8.61. The third-order valence-electron chi connectivity index (χ3n) is 5.17. The fourth-order valence-corrected chi connectivity index (χ4v) is 3.85. The van der Waals surface area contributed by atoms with Crippen molar-refractivity contribution in [2.75, 3.05) is 11.4 Å². The van der Waals surface area contributed by atoms with Crippen molar-refractivity contribution in [3.05, 3.63) is 60.2 Å². The second-order valence-corrected chi connectivity index (χ2v) is 6.47. The summed E-state index contributed by atoms with van der Waals surface area (Å²) in [5, 5.41) is 2.11. The van der Waals surface area contributed by atoms with Gasteiger partial charge >= 0.3 is 0 Å². The molecule has 0 atom stereocenters. The Hall–Kier alpha value is -3.08. The van der Waals surface area contributed by atoms with E-state index in [-0.39, 0.29) is 5.91 Å². The lowest BCUT2D eigenvalue weighted by molar-refractivity contribution is 0.0991. The summed E-state index contributed by atoms with van der Waals surface area (Å²) >= 11 is 0. The van der Waals surface area contributed by atoms with Crippen LogP contribution in [0.5, 0.6) is 0 Å². The van der Waals surface area contributed by atoms with E-state index in [9.17, 15) is 4.79 Å². The Kier molecular flexibility index (Phi) is 2.98. The number of H-pyrrole nitrogens is 1. The number of anilines is 1. The van der Waals surface area contributed by atoms with E-state index in [0.29, 0.717) is 5.56 Å². The van der Waals surface area contributed by atoms with Gasteiger partial charge in [0.05, 0.1) is 17.3 Å². The van der Waals surface area contributed by atoms with Gasteiger partial charge in [-0.3, -0.25) is 9.78 Å². The van der Waals surface area contributed by atoms with Gasteiger partial charge in [-0.05, 0) is 43.2 Å². The molecule has 0 spiro atoms. The van der Waals surface area contributed by atoms with Gasteiger partial charge in [0.1, 0.15) is 0 Å². The SMILES string of the molecule is CCn1ccc2cc3c(cc21)CCN3C(=O)c1c[nH]c2cnccc12.